The second-order valence-corrected chi connectivity index (χ2v) is 12.0. The van der Waals surface area contributed by atoms with Crippen molar-refractivity contribution < 1.29 is 27.8 Å². The van der Waals surface area contributed by atoms with Crippen LogP contribution in [-0.2, 0) is 19.0 Å². The Hall–Kier alpha value is -2.45. The highest BCUT2D eigenvalue weighted by atomic mass is 127. The van der Waals surface area contributed by atoms with E-state index < -0.39 is 28.9 Å². The average Bonchev–Trinajstić information content (AvgIpc) is 3.68. The number of fused-ring (bicyclic) bond motifs is 4. The Bertz CT molecular complexity index is 1480. The lowest BCUT2D eigenvalue weighted by Crippen LogP contribution is -2.36. The number of esters is 1. The molecule has 12 heteroatoms. The number of hydrogen-bond donors (Lipinski definition) is 1. The Labute approximate surface area is 230 Å². The van der Waals surface area contributed by atoms with Crippen molar-refractivity contribution in [1.29, 1.82) is 0 Å². The van der Waals surface area contributed by atoms with E-state index in [2.05, 4.69) is 37.9 Å². The van der Waals surface area contributed by atoms with Gasteiger partial charge in [-0.05, 0) is 51.3 Å². The summed E-state index contributed by atoms with van der Waals surface area (Å²) in [5, 5.41) is 3.43. The minimum Gasteiger partial charge on any atom is -0.465 e. The molecule has 38 heavy (non-hydrogen) atoms. The molecule has 7 rings (SSSR count). The van der Waals surface area contributed by atoms with Crippen LogP contribution in [0.5, 0.6) is 0 Å². The molecule has 1 N–H and O–H groups in total. The van der Waals surface area contributed by atoms with E-state index in [-0.39, 0.29) is 36.0 Å². The van der Waals surface area contributed by atoms with Crippen molar-refractivity contribution in [3.05, 3.63) is 45.6 Å². The largest absolute Gasteiger partial charge is 0.465 e. The van der Waals surface area contributed by atoms with Gasteiger partial charge in [0.15, 0.2) is 38.2 Å². The molecule has 3 saturated carbocycles. The van der Waals surface area contributed by atoms with E-state index in [1.165, 1.54) is 6.07 Å². The molecule has 3 aliphatic carbocycles. The first-order chi connectivity index (χ1) is 18.1. The van der Waals surface area contributed by atoms with Crippen LogP contribution in [0.2, 0.25) is 0 Å². The summed E-state index contributed by atoms with van der Waals surface area (Å²) in [6.45, 7) is 5.83. The molecule has 0 spiro atoms. The number of nitrogens with zero attached hydrogens (tertiary/aromatic N) is 4. The van der Waals surface area contributed by atoms with Gasteiger partial charge >= 0.3 is 5.97 Å². The van der Waals surface area contributed by atoms with Gasteiger partial charge in [-0.1, -0.05) is 6.07 Å². The van der Waals surface area contributed by atoms with Gasteiger partial charge in [-0.15, -0.1) is 0 Å². The maximum atomic E-state index is 13.8. The molecule has 1 aliphatic heterocycles. The van der Waals surface area contributed by atoms with Gasteiger partial charge in [-0.2, -0.15) is 0 Å². The quantitative estimate of drug-likeness (QED) is 0.243. The van der Waals surface area contributed by atoms with Gasteiger partial charge in [0.25, 0.3) is 0 Å². The lowest BCUT2D eigenvalue weighted by molar-refractivity contribution is -0.172. The molecule has 1 saturated heterocycles. The molecule has 0 radical (unpaired) electrons. The first-order valence-electron chi connectivity index (χ1n) is 12.8. The van der Waals surface area contributed by atoms with Crippen molar-refractivity contribution in [3.63, 3.8) is 0 Å². The molecular weight excluding hydrogens is 611 g/mol. The zero-order valence-electron chi connectivity index (χ0n) is 21.0. The summed E-state index contributed by atoms with van der Waals surface area (Å²) < 4.78 is 47.7. The minimum atomic E-state index is -0.853. The summed E-state index contributed by atoms with van der Waals surface area (Å²) in [5.41, 5.74) is 1.25. The smallest absolute Gasteiger partial charge is 0.315 e. The summed E-state index contributed by atoms with van der Waals surface area (Å²) in [6, 6.07) is 3.84. The van der Waals surface area contributed by atoms with Crippen LogP contribution in [0.3, 0.4) is 0 Å². The van der Waals surface area contributed by atoms with E-state index in [1.807, 2.05) is 18.4 Å². The van der Waals surface area contributed by atoms with Gasteiger partial charge in [0.2, 0.25) is 0 Å². The summed E-state index contributed by atoms with van der Waals surface area (Å²) in [7, 11) is 0. The average molecular weight is 637 g/mol. The standard InChI is InChI=1S/C26H26F2IN5O4/c1-4-36-23(35)26-9-13(26)18(19-20(26)38-25(2,3)37-19)34-10-30-17-21(32-24(29)33-22(17)34)31-16-8-12(16)11-5-6-14(27)15(28)7-11/h5-7,10,12-13,16,18-20H,4,8-9H2,1-3H3,(H,31,32,33)/t12?,13-,16?,18-,19-,20-,26+/m1/s1. The Balaban J connectivity index is 1.21. The van der Waals surface area contributed by atoms with Crippen LogP contribution < -0.4 is 5.32 Å². The topological polar surface area (TPSA) is 100 Å². The molecular formula is C26H26F2IN5O4. The Kier molecular flexibility index (Phi) is 5.35. The number of benzene rings is 1. The Morgan fingerprint density at radius 2 is 2.08 bits per heavy atom. The molecule has 2 unspecified atom stereocenters. The summed E-state index contributed by atoms with van der Waals surface area (Å²) >= 11 is 2.07. The van der Waals surface area contributed by atoms with Crippen LogP contribution in [-0.4, -0.2) is 56.1 Å². The molecule has 1 aromatic carbocycles. The first-order valence-corrected chi connectivity index (χ1v) is 13.8. The van der Waals surface area contributed by atoms with Gasteiger partial charge in [0.05, 0.1) is 19.0 Å². The van der Waals surface area contributed by atoms with Crippen LogP contribution in [0.4, 0.5) is 14.6 Å². The predicted octanol–water partition coefficient (Wildman–Crippen LogP) is 4.32. The number of ether oxygens (including phenoxy) is 3. The van der Waals surface area contributed by atoms with Gasteiger partial charge in [-0.25, -0.2) is 23.7 Å². The SMILES string of the molecule is CCOC(=O)[C@@]12C[C@@H]1[C@@H](n1cnc3c(NC4CC4c4ccc(F)c(F)c4)nc(I)nc31)[C@H]1OC(C)(C)O[C@H]12. The van der Waals surface area contributed by atoms with Crippen LogP contribution in [0, 0.1) is 26.8 Å². The molecule has 2 aromatic heterocycles. The van der Waals surface area contributed by atoms with Gasteiger partial charge in [-0.3, -0.25) is 4.79 Å². The van der Waals surface area contributed by atoms with E-state index in [0.29, 0.717) is 33.8 Å². The molecule has 4 aliphatic rings. The Morgan fingerprint density at radius 3 is 2.84 bits per heavy atom. The highest BCUT2D eigenvalue weighted by Crippen LogP contribution is 2.72. The van der Waals surface area contributed by atoms with Crippen molar-refractivity contribution in [2.75, 3.05) is 11.9 Å². The van der Waals surface area contributed by atoms with Crippen LogP contribution in [0.1, 0.15) is 51.1 Å². The van der Waals surface area contributed by atoms with Gasteiger partial charge in [0, 0.05) is 40.5 Å². The van der Waals surface area contributed by atoms with Gasteiger partial charge < -0.3 is 24.1 Å². The van der Waals surface area contributed by atoms with E-state index in [4.69, 9.17) is 19.2 Å². The summed E-state index contributed by atoms with van der Waals surface area (Å²) in [4.78, 5) is 27.1. The molecule has 0 bridgehead atoms. The highest BCUT2D eigenvalue weighted by Gasteiger charge is 2.80. The van der Waals surface area contributed by atoms with Crippen LogP contribution in [0.15, 0.2) is 24.5 Å². The van der Waals surface area contributed by atoms with Crippen molar-refractivity contribution >= 4 is 45.5 Å². The summed E-state index contributed by atoms with van der Waals surface area (Å²) in [6.07, 6.45) is 2.39. The fourth-order valence-corrected chi connectivity index (χ4v) is 7.01. The fourth-order valence-electron chi connectivity index (χ4n) is 6.54. The Morgan fingerprint density at radius 1 is 1.26 bits per heavy atom. The zero-order chi connectivity index (χ0) is 26.6. The third-order valence-corrected chi connectivity index (χ3v) is 8.78. The number of aromatic nitrogens is 4. The van der Waals surface area contributed by atoms with Crippen LogP contribution >= 0.6 is 22.6 Å². The lowest BCUT2D eigenvalue weighted by Gasteiger charge is -2.24. The van der Waals surface area contributed by atoms with Crippen LogP contribution in [0.25, 0.3) is 11.2 Å². The number of nitrogens with one attached hydrogen (secondary N) is 1. The number of carbonyl (C=O) groups excluding carboxylic acids is 1. The second kappa shape index (κ2) is 8.28. The number of carbonyl (C=O) groups is 1. The van der Waals surface area contributed by atoms with E-state index in [0.717, 1.165) is 18.1 Å². The minimum absolute atomic E-state index is 0.0158. The van der Waals surface area contributed by atoms with Crippen molar-refractivity contribution in [2.24, 2.45) is 11.3 Å². The second-order valence-electron chi connectivity index (χ2n) is 11.0. The van der Waals surface area contributed by atoms with E-state index in [9.17, 15) is 13.6 Å². The summed E-state index contributed by atoms with van der Waals surface area (Å²) in [5.74, 6) is -2.15. The van der Waals surface area contributed by atoms with Crippen molar-refractivity contribution in [2.45, 2.75) is 69.6 Å². The molecule has 3 heterocycles. The number of rotatable bonds is 6. The maximum absolute atomic E-state index is 13.8. The first kappa shape index (κ1) is 24.6. The molecule has 9 nitrogen and oxygen atoms in total. The normalized spacial score (nSPS) is 34.2. The van der Waals surface area contributed by atoms with E-state index in [1.54, 1.807) is 19.3 Å². The molecule has 4 fully saturated rings. The number of anilines is 1. The molecule has 0 amide bonds. The van der Waals surface area contributed by atoms with Gasteiger partial charge in [0.1, 0.15) is 17.6 Å². The predicted molar refractivity (Wildman–Crippen MR) is 139 cm³/mol. The molecule has 3 aromatic rings. The third-order valence-electron chi connectivity index (χ3n) is 8.30. The third kappa shape index (κ3) is 3.59. The van der Waals surface area contributed by atoms with E-state index >= 15 is 0 Å². The molecule has 7 atom stereocenters. The number of halogens is 3. The monoisotopic (exact) mass is 637 g/mol. The highest BCUT2D eigenvalue weighted by molar-refractivity contribution is 14.1. The fraction of sp³-hybridized carbons (Fsp3) is 0.538. The zero-order valence-corrected chi connectivity index (χ0v) is 23.1. The lowest BCUT2D eigenvalue weighted by atomic mass is 9.99. The van der Waals surface area contributed by atoms with Crippen molar-refractivity contribution in [3.8, 4) is 0 Å². The maximum Gasteiger partial charge on any atom is 0.315 e. The number of imidazole rings is 1. The molecule has 200 valence electrons. The number of hydrogen-bond acceptors (Lipinski definition) is 8. The van der Waals surface area contributed by atoms with Crippen molar-refractivity contribution in [1.82, 2.24) is 19.5 Å².